The number of hydrogen-bond donors (Lipinski definition) is 1. The Kier molecular flexibility index (Phi) is 2.61. The lowest BCUT2D eigenvalue weighted by Gasteiger charge is -2.02. The highest BCUT2D eigenvalue weighted by atomic mass is 35.5. The molecule has 0 spiro atoms. The zero-order chi connectivity index (χ0) is 9.97. The van der Waals surface area contributed by atoms with Gasteiger partial charge in [-0.15, -0.1) is 0 Å². The highest BCUT2D eigenvalue weighted by molar-refractivity contribution is 6.30. The van der Waals surface area contributed by atoms with E-state index in [9.17, 15) is 0 Å². The first-order chi connectivity index (χ1) is 6.81. The lowest BCUT2D eigenvalue weighted by molar-refractivity contribution is 0.298. The van der Waals surface area contributed by atoms with Crippen LogP contribution in [-0.4, -0.2) is 21.7 Å². The van der Waals surface area contributed by atoms with Crippen LogP contribution in [0.5, 0.6) is 0 Å². The molecule has 1 N–H and O–H groups in total. The number of fused-ring (bicyclic) bond motifs is 1. The summed E-state index contributed by atoms with van der Waals surface area (Å²) in [7, 11) is 0. The standard InChI is InChI=1S/C10H9ClN2O/c11-10-9(5-6-14)12-7-3-1-2-4-8(7)13-10/h1-4,14H,5-6H2. The largest absolute Gasteiger partial charge is 0.396 e. The molecule has 3 nitrogen and oxygen atoms in total. The van der Waals surface area contributed by atoms with E-state index in [-0.39, 0.29) is 6.61 Å². The van der Waals surface area contributed by atoms with Crippen LogP contribution < -0.4 is 0 Å². The number of benzene rings is 1. The topological polar surface area (TPSA) is 46.0 Å². The molecule has 0 aliphatic heterocycles. The number of para-hydroxylation sites is 2. The van der Waals surface area contributed by atoms with Crippen molar-refractivity contribution in [1.29, 1.82) is 0 Å². The summed E-state index contributed by atoms with van der Waals surface area (Å²) in [6.45, 7) is 0.0345. The van der Waals surface area contributed by atoms with Gasteiger partial charge in [0.1, 0.15) is 0 Å². The van der Waals surface area contributed by atoms with Crippen LogP contribution in [0, 0.1) is 0 Å². The van der Waals surface area contributed by atoms with Crippen molar-refractivity contribution in [2.75, 3.05) is 6.61 Å². The fourth-order valence-electron chi connectivity index (χ4n) is 1.28. The van der Waals surface area contributed by atoms with Crippen LogP contribution in [0.2, 0.25) is 5.15 Å². The van der Waals surface area contributed by atoms with E-state index in [4.69, 9.17) is 16.7 Å². The van der Waals surface area contributed by atoms with Crippen molar-refractivity contribution in [3.8, 4) is 0 Å². The molecule has 4 heteroatoms. The van der Waals surface area contributed by atoms with E-state index in [1.165, 1.54) is 0 Å². The van der Waals surface area contributed by atoms with Crippen LogP contribution in [-0.2, 0) is 6.42 Å². The van der Waals surface area contributed by atoms with Crippen LogP contribution in [0.4, 0.5) is 0 Å². The molecular weight excluding hydrogens is 200 g/mol. The monoisotopic (exact) mass is 208 g/mol. The molecule has 0 saturated heterocycles. The molecule has 0 amide bonds. The summed E-state index contributed by atoms with van der Waals surface area (Å²) in [4.78, 5) is 8.50. The van der Waals surface area contributed by atoms with Crippen molar-refractivity contribution < 1.29 is 5.11 Å². The van der Waals surface area contributed by atoms with E-state index in [0.717, 1.165) is 11.0 Å². The molecule has 14 heavy (non-hydrogen) atoms. The molecule has 2 aromatic rings. The van der Waals surface area contributed by atoms with Gasteiger partial charge in [0.2, 0.25) is 0 Å². The van der Waals surface area contributed by atoms with Crippen LogP contribution in [0.1, 0.15) is 5.69 Å². The Morgan fingerprint density at radius 1 is 1.14 bits per heavy atom. The summed E-state index contributed by atoms with van der Waals surface area (Å²) < 4.78 is 0. The molecule has 0 unspecified atom stereocenters. The third-order valence-corrected chi connectivity index (χ3v) is 2.25. The van der Waals surface area contributed by atoms with Gasteiger partial charge in [-0.2, -0.15) is 0 Å². The molecule has 0 atom stereocenters. The Hall–Kier alpha value is -1.19. The molecular formula is C10H9ClN2O. The average molecular weight is 209 g/mol. The Morgan fingerprint density at radius 3 is 2.43 bits per heavy atom. The number of aliphatic hydroxyl groups excluding tert-OH is 1. The van der Waals surface area contributed by atoms with Gasteiger partial charge in [-0.3, -0.25) is 0 Å². The Balaban J connectivity index is 2.59. The van der Waals surface area contributed by atoms with Gasteiger partial charge in [-0.05, 0) is 12.1 Å². The Labute approximate surface area is 86.4 Å². The number of hydrogen-bond acceptors (Lipinski definition) is 3. The minimum Gasteiger partial charge on any atom is -0.396 e. The summed E-state index contributed by atoms with van der Waals surface area (Å²) in [5.74, 6) is 0. The fourth-order valence-corrected chi connectivity index (χ4v) is 1.51. The Morgan fingerprint density at radius 2 is 1.79 bits per heavy atom. The van der Waals surface area contributed by atoms with Crippen molar-refractivity contribution in [1.82, 2.24) is 9.97 Å². The van der Waals surface area contributed by atoms with Crippen molar-refractivity contribution in [3.63, 3.8) is 0 Å². The fraction of sp³-hybridized carbons (Fsp3) is 0.200. The maximum Gasteiger partial charge on any atom is 0.151 e. The molecule has 0 fully saturated rings. The van der Waals surface area contributed by atoms with E-state index in [0.29, 0.717) is 17.3 Å². The van der Waals surface area contributed by atoms with Gasteiger partial charge in [-0.25, -0.2) is 9.97 Å². The van der Waals surface area contributed by atoms with Gasteiger partial charge in [0.05, 0.1) is 16.7 Å². The van der Waals surface area contributed by atoms with Gasteiger partial charge >= 0.3 is 0 Å². The van der Waals surface area contributed by atoms with Crippen molar-refractivity contribution >= 4 is 22.6 Å². The SMILES string of the molecule is OCCc1nc2ccccc2nc1Cl. The summed E-state index contributed by atoms with van der Waals surface area (Å²) in [5, 5.41) is 9.16. The number of aliphatic hydroxyl groups is 1. The zero-order valence-corrected chi connectivity index (χ0v) is 8.20. The first-order valence-corrected chi connectivity index (χ1v) is 4.71. The van der Waals surface area contributed by atoms with E-state index in [1.807, 2.05) is 24.3 Å². The maximum atomic E-state index is 8.79. The Bertz CT molecular complexity index is 459. The summed E-state index contributed by atoms with van der Waals surface area (Å²) in [6, 6.07) is 7.52. The maximum absolute atomic E-state index is 8.79. The molecule has 0 bridgehead atoms. The average Bonchev–Trinajstić information content (AvgIpc) is 2.19. The van der Waals surface area contributed by atoms with Crippen molar-refractivity contribution in [2.24, 2.45) is 0 Å². The number of nitrogens with zero attached hydrogens (tertiary/aromatic N) is 2. The third-order valence-electron chi connectivity index (χ3n) is 1.94. The van der Waals surface area contributed by atoms with Gasteiger partial charge in [0.15, 0.2) is 5.15 Å². The lowest BCUT2D eigenvalue weighted by Crippen LogP contribution is -1.98. The zero-order valence-electron chi connectivity index (χ0n) is 7.44. The molecule has 0 aliphatic rings. The molecule has 1 aromatic heterocycles. The van der Waals surface area contributed by atoms with Gasteiger partial charge in [-0.1, -0.05) is 23.7 Å². The van der Waals surface area contributed by atoms with Gasteiger partial charge in [0, 0.05) is 13.0 Å². The first-order valence-electron chi connectivity index (χ1n) is 4.33. The molecule has 2 rings (SSSR count). The molecule has 0 saturated carbocycles. The molecule has 1 heterocycles. The number of halogens is 1. The quantitative estimate of drug-likeness (QED) is 0.819. The van der Waals surface area contributed by atoms with E-state index >= 15 is 0 Å². The molecule has 72 valence electrons. The minimum absolute atomic E-state index is 0.0345. The molecule has 1 aromatic carbocycles. The van der Waals surface area contributed by atoms with E-state index < -0.39 is 0 Å². The summed E-state index contributed by atoms with van der Waals surface area (Å²) in [6.07, 6.45) is 0.441. The second-order valence-corrected chi connectivity index (χ2v) is 3.28. The van der Waals surface area contributed by atoms with Crippen LogP contribution in [0.3, 0.4) is 0 Å². The predicted octanol–water partition coefficient (Wildman–Crippen LogP) is 1.82. The first kappa shape index (κ1) is 9.37. The van der Waals surface area contributed by atoms with Crippen LogP contribution >= 0.6 is 11.6 Å². The van der Waals surface area contributed by atoms with Gasteiger partial charge < -0.3 is 5.11 Å². The van der Waals surface area contributed by atoms with Crippen LogP contribution in [0.25, 0.3) is 11.0 Å². The highest BCUT2D eigenvalue weighted by Gasteiger charge is 2.05. The smallest absolute Gasteiger partial charge is 0.151 e. The van der Waals surface area contributed by atoms with Gasteiger partial charge in [0.25, 0.3) is 0 Å². The second kappa shape index (κ2) is 3.90. The molecule has 0 radical (unpaired) electrons. The third kappa shape index (κ3) is 1.69. The van der Waals surface area contributed by atoms with Crippen molar-refractivity contribution in [3.05, 3.63) is 35.1 Å². The summed E-state index contributed by atoms with van der Waals surface area (Å²) in [5.41, 5.74) is 2.23. The number of rotatable bonds is 2. The normalized spacial score (nSPS) is 10.7. The van der Waals surface area contributed by atoms with E-state index in [1.54, 1.807) is 0 Å². The summed E-state index contributed by atoms with van der Waals surface area (Å²) >= 11 is 5.90. The predicted molar refractivity (Wildman–Crippen MR) is 55.3 cm³/mol. The highest BCUT2D eigenvalue weighted by Crippen LogP contribution is 2.16. The lowest BCUT2D eigenvalue weighted by atomic mass is 10.2. The van der Waals surface area contributed by atoms with E-state index in [2.05, 4.69) is 9.97 Å². The number of aromatic nitrogens is 2. The minimum atomic E-state index is 0.0345. The second-order valence-electron chi connectivity index (χ2n) is 2.92. The van der Waals surface area contributed by atoms with Crippen LogP contribution in [0.15, 0.2) is 24.3 Å². The van der Waals surface area contributed by atoms with Crippen molar-refractivity contribution in [2.45, 2.75) is 6.42 Å². The molecule has 0 aliphatic carbocycles.